The van der Waals surface area contributed by atoms with E-state index >= 15 is 0 Å². The summed E-state index contributed by atoms with van der Waals surface area (Å²) in [5, 5.41) is 3.77. The molecule has 0 saturated carbocycles. The van der Waals surface area contributed by atoms with Gasteiger partial charge in [0.25, 0.3) is 0 Å². The average molecular weight is 293 g/mol. The van der Waals surface area contributed by atoms with E-state index < -0.39 is 0 Å². The van der Waals surface area contributed by atoms with Gasteiger partial charge in [-0.15, -0.1) is 0 Å². The maximum atomic E-state index is 5.51. The first-order valence-electron chi connectivity index (χ1n) is 6.82. The van der Waals surface area contributed by atoms with Crippen molar-refractivity contribution in [1.82, 2.24) is 9.98 Å². The van der Waals surface area contributed by atoms with Gasteiger partial charge < -0.3 is 9.47 Å². The van der Waals surface area contributed by atoms with Gasteiger partial charge in [-0.1, -0.05) is 0 Å². The number of methoxy groups -OCH3 is 2. The molecule has 0 unspecified atom stereocenters. The highest BCUT2D eigenvalue weighted by molar-refractivity contribution is 7.96. The molecule has 0 bridgehead atoms. The van der Waals surface area contributed by atoms with Crippen LogP contribution in [0.3, 0.4) is 0 Å². The maximum Gasteiger partial charge on any atom is 0.401 e. The monoisotopic (exact) mass is 293 g/mol. The van der Waals surface area contributed by atoms with Crippen LogP contribution in [0, 0.1) is 0 Å². The van der Waals surface area contributed by atoms with E-state index in [1.807, 2.05) is 13.0 Å². The summed E-state index contributed by atoms with van der Waals surface area (Å²) in [6.07, 6.45) is 3.00. The molecule has 0 aromatic heterocycles. The second kappa shape index (κ2) is 6.73. The molecule has 0 fully saturated rings. The number of fused-ring (bicyclic) bond motifs is 1. The smallest absolute Gasteiger partial charge is 0.401 e. The molecule has 2 rings (SSSR count). The van der Waals surface area contributed by atoms with Crippen LogP contribution in [0.4, 0.5) is 0 Å². The van der Waals surface area contributed by atoms with E-state index in [4.69, 9.17) is 9.47 Å². The van der Waals surface area contributed by atoms with E-state index in [0.717, 1.165) is 48.6 Å². The number of benzene rings is 1. The minimum absolute atomic E-state index is 0.658. The van der Waals surface area contributed by atoms with Crippen LogP contribution in [-0.2, 0) is 6.42 Å². The Hall–Kier alpha value is -1.58. The van der Waals surface area contributed by atoms with E-state index in [1.54, 1.807) is 14.2 Å². The Morgan fingerprint density at radius 3 is 2.75 bits per heavy atom. The molecule has 0 aliphatic heterocycles. The summed E-state index contributed by atoms with van der Waals surface area (Å²) in [6.45, 7) is 2.84. The molecule has 0 saturated heterocycles. The highest BCUT2D eigenvalue weighted by Gasteiger charge is 2.25. The third-order valence-corrected chi connectivity index (χ3v) is 3.63. The van der Waals surface area contributed by atoms with E-state index in [0.29, 0.717) is 5.17 Å². The lowest BCUT2D eigenvalue weighted by Crippen LogP contribution is -2.24. The highest BCUT2D eigenvalue weighted by Crippen LogP contribution is 2.36. The van der Waals surface area contributed by atoms with Crippen LogP contribution < -0.4 is 19.5 Å². The molecular formula is C15H21N2O2S+. The van der Waals surface area contributed by atoms with Crippen molar-refractivity contribution in [3.05, 3.63) is 23.3 Å². The predicted molar refractivity (Wildman–Crippen MR) is 86.4 cm³/mol. The summed E-state index contributed by atoms with van der Waals surface area (Å²) >= 11 is 4.36. The van der Waals surface area contributed by atoms with Crippen molar-refractivity contribution in [1.29, 1.82) is 0 Å². The lowest BCUT2D eigenvalue weighted by Gasteiger charge is -2.19. The zero-order chi connectivity index (χ0) is 14.5. The van der Waals surface area contributed by atoms with Crippen molar-refractivity contribution >= 4 is 23.5 Å². The van der Waals surface area contributed by atoms with Crippen molar-refractivity contribution in [3.63, 3.8) is 0 Å². The van der Waals surface area contributed by atoms with Crippen LogP contribution >= 0.6 is 12.6 Å². The summed E-state index contributed by atoms with van der Waals surface area (Å²) in [7, 11) is 3.34. The number of nitrogens with zero attached hydrogens (tertiary/aromatic N) is 1. The molecule has 20 heavy (non-hydrogen) atoms. The minimum atomic E-state index is 0.658. The van der Waals surface area contributed by atoms with Gasteiger partial charge >= 0.3 is 5.17 Å². The molecule has 5 heteroatoms. The van der Waals surface area contributed by atoms with Crippen LogP contribution in [0.5, 0.6) is 11.5 Å². The summed E-state index contributed by atoms with van der Waals surface area (Å²) in [4.78, 5) is 0. The molecule has 1 aromatic carbocycles. The number of ether oxygens (including phenoxy) is 2. The number of amidine groups is 1. The number of thiol groups is 1. The first kappa shape index (κ1) is 14.8. The fourth-order valence-electron chi connectivity index (χ4n) is 2.52. The largest absolute Gasteiger partial charge is 0.493 e. The standard InChI is InChI=1S/C15H20N2O2S/c1-4-16-15(20)17-12-7-5-6-11-10(12)8-9-13(18-2)14(11)19-3/h8-9H,4-7H2,1-3H3,(H,16,20)/p+1. The first-order chi connectivity index (χ1) is 9.71. The molecular weight excluding hydrogens is 272 g/mol. The predicted octanol–water partition coefficient (Wildman–Crippen LogP) is 1.79. The first-order valence-corrected chi connectivity index (χ1v) is 7.27. The zero-order valence-electron chi connectivity index (χ0n) is 12.2. The molecule has 0 spiro atoms. The summed E-state index contributed by atoms with van der Waals surface area (Å²) < 4.78 is 15.5. The molecule has 1 N–H and O–H groups in total. The van der Waals surface area contributed by atoms with Gasteiger partial charge in [-0.3, -0.25) is 5.32 Å². The van der Waals surface area contributed by atoms with Gasteiger partial charge in [0.1, 0.15) is 0 Å². The fourth-order valence-corrected chi connectivity index (χ4v) is 2.80. The maximum absolute atomic E-state index is 5.51. The van der Waals surface area contributed by atoms with Crippen molar-refractivity contribution in [2.24, 2.45) is 0 Å². The number of hydrogen-bond acceptors (Lipinski definition) is 2. The van der Waals surface area contributed by atoms with Gasteiger partial charge in [0.15, 0.2) is 11.5 Å². The Balaban J connectivity index is 2.55. The second-order valence-corrected chi connectivity index (χ2v) is 5.02. The lowest BCUT2D eigenvalue weighted by molar-refractivity contribution is 0.351. The Kier molecular flexibility index (Phi) is 4.99. The van der Waals surface area contributed by atoms with Gasteiger partial charge in [-0.25, -0.2) is 4.67 Å². The van der Waals surface area contributed by atoms with E-state index in [1.165, 1.54) is 5.56 Å². The Morgan fingerprint density at radius 2 is 2.10 bits per heavy atom. The van der Waals surface area contributed by atoms with Crippen molar-refractivity contribution in [2.75, 3.05) is 20.8 Å². The average Bonchev–Trinajstić information content (AvgIpc) is 2.46. The molecule has 0 heterocycles. The van der Waals surface area contributed by atoms with Crippen LogP contribution in [0.15, 0.2) is 12.1 Å². The van der Waals surface area contributed by atoms with Crippen molar-refractivity contribution in [2.45, 2.75) is 26.2 Å². The van der Waals surface area contributed by atoms with E-state index in [2.05, 4.69) is 28.7 Å². The fraction of sp³-hybridized carbons (Fsp3) is 0.467. The van der Waals surface area contributed by atoms with Gasteiger partial charge in [0.05, 0.1) is 20.8 Å². The summed E-state index contributed by atoms with van der Waals surface area (Å²) in [5.74, 6) is 1.59. The molecule has 108 valence electrons. The normalized spacial score (nSPS) is 13.3. The molecule has 4 nitrogen and oxygen atoms in total. The molecule has 1 aromatic rings. The quantitative estimate of drug-likeness (QED) is 0.386. The van der Waals surface area contributed by atoms with Crippen molar-refractivity contribution < 1.29 is 9.47 Å². The Bertz CT molecular complexity index is 563. The molecule has 1 aliphatic rings. The number of rotatable bonds is 3. The van der Waals surface area contributed by atoms with Crippen molar-refractivity contribution in [3.8, 4) is 11.5 Å². The second-order valence-electron chi connectivity index (χ2n) is 4.59. The minimum Gasteiger partial charge on any atom is -0.493 e. The summed E-state index contributed by atoms with van der Waals surface area (Å²) in [6, 6.07) is 3.99. The van der Waals surface area contributed by atoms with Gasteiger partial charge in [-0.05, 0) is 44.5 Å². The van der Waals surface area contributed by atoms with Crippen LogP contribution in [0.25, 0.3) is 0 Å². The van der Waals surface area contributed by atoms with Gasteiger partial charge in [0, 0.05) is 17.5 Å². The zero-order valence-corrected chi connectivity index (χ0v) is 13.1. The Labute approximate surface area is 125 Å². The molecule has 0 amide bonds. The molecule has 0 atom stereocenters. The van der Waals surface area contributed by atoms with E-state index in [9.17, 15) is 0 Å². The van der Waals surface area contributed by atoms with E-state index in [-0.39, 0.29) is 0 Å². The number of nitrogens with one attached hydrogen (secondary N) is 1. The third kappa shape index (κ3) is 2.94. The van der Waals surface area contributed by atoms with Gasteiger partial charge in [0.2, 0.25) is 5.71 Å². The molecule has 0 radical (unpaired) electrons. The van der Waals surface area contributed by atoms with Gasteiger partial charge in [-0.2, -0.15) is 0 Å². The van der Waals surface area contributed by atoms with Crippen LogP contribution in [0.2, 0.25) is 0 Å². The number of hydrogen-bond donors (Lipinski definition) is 2. The summed E-state index contributed by atoms with van der Waals surface area (Å²) in [5.41, 5.74) is 3.37. The Morgan fingerprint density at radius 1 is 1.30 bits per heavy atom. The lowest BCUT2D eigenvalue weighted by atomic mass is 9.89. The topological polar surface area (TPSA) is 44.6 Å². The SMILES string of the molecule is CCNC(S)=[N+]=C1CCCc2c1ccc(OC)c2OC. The molecule has 1 aliphatic carbocycles. The third-order valence-electron chi connectivity index (χ3n) is 3.38. The highest BCUT2D eigenvalue weighted by atomic mass is 32.1. The van der Waals surface area contributed by atoms with Crippen LogP contribution in [0.1, 0.15) is 30.9 Å². The van der Waals surface area contributed by atoms with Crippen LogP contribution in [-0.4, -0.2) is 31.6 Å².